The van der Waals surface area contributed by atoms with Crippen LogP contribution in [0.4, 0.5) is 0 Å². The number of carbonyl (C=O) groups is 3. The van der Waals surface area contributed by atoms with Crippen LogP contribution in [-0.4, -0.2) is 34.5 Å². The fourth-order valence-corrected chi connectivity index (χ4v) is 4.72. The molecule has 0 spiro atoms. The minimum atomic E-state index is -0.906. The molecule has 1 N–H and O–H groups in total. The summed E-state index contributed by atoms with van der Waals surface area (Å²) >= 11 is 0. The van der Waals surface area contributed by atoms with Gasteiger partial charge in [-0.2, -0.15) is 0 Å². The molecule has 4 atom stereocenters. The number of carboxylic acids is 1. The van der Waals surface area contributed by atoms with Crippen LogP contribution in [0.25, 0.3) is 6.08 Å². The minimum Gasteiger partial charge on any atom is -0.489 e. The van der Waals surface area contributed by atoms with Gasteiger partial charge in [-0.3, -0.25) is 14.4 Å². The number of esters is 1. The van der Waals surface area contributed by atoms with Crippen molar-refractivity contribution in [3.63, 3.8) is 0 Å². The van der Waals surface area contributed by atoms with Gasteiger partial charge < -0.3 is 19.3 Å². The van der Waals surface area contributed by atoms with Crippen molar-refractivity contribution in [2.24, 2.45) is 11.8 Å². The molecule has 4 unspecified atom stereocenters. The molecule has 2 aliphatic rings. The molecule has 1 aromatic rings. The molecule has 33 heavy (non-hydrogen) atoms. The first-order valence-electron chi connectivity index (χ1n) is 11.7. The highest BCUT2D eigenvalue weighted by atomic mass is 16.5. The average molecular weight is 459 g/mol. The third-order valence-electron chi connectivity index (χ3n) is 6.58. The number of hydrogen-bond donors (Lipinski definition) is 1. The molecule has 2 aliphatic heterocycles. The van der Waals surface area contributed by atoms with Crippen molar-refractivity contribution in [3.05, 3.63) is 22.8 Å². The number of rotatable bonds is 7. The molecule has 0 bridgehead atoms. The molecule has 3 rings (SSSR count). The fourth-order valence-electron chi connectivity index (χ4n) is 4.72. The summed E-state index contributed by atoms with van der Waals surface area (Å²) in [6.07, 6.45) is 4.93. The zero-order valence-electron chi connectivity index (χ0n) is 20.5. The lowest BCUT2D eigenvalue weighted by atomic mass is 9.76. The monoisotopic (exact) mass is 458 g/mol. The van der Waals surface area contributed by atoms with Gasteiger partial charge in [-0.1, -0.05) is 27.2 Å². The van der Waals surface area contributed by atoms with Gasteiger partial charge in [-0.25, -0.2) is 0 Å². The van der Waals surface area contributed by atoms with Crippen LogP contribution >= 0.6 is 0 Å². The Hall–Kier alpha value is -2.83. The molecule has 0 amide bonds. The maximum Gasteiger partial charge on any atom is 0.308 e. The van der Waals surface area contributed by atoms with Crippen molar-refractivity contribution in [2.45, 2.75) is 85.4 Å². The maximum absolute atomic E-state index is 13.5. The number of carboxylic acid groups (broad SMARTS) is 1. The van der Waals surface area contributed by atoms with E-state index in [1.165, 1.54) is 6.92 Å². The highest BCUT2D eigenvalue weighted by molar-refractivity contribution is 6.07. The van der Waals surface area contributed by atoms with Gasteiger partial charge in [0.05, 0.1) is 17.4 Å². The minimum absolute atomic E-state index is 0.116. The summed E-state index contributed by atoms with van der Waals surface area (Å²) in [6.45, 7) is 12.5. The van der Waals surface area contributed by atoms with Gasteiger partial charge in [0.25, 0.3) is 0 Å². The third-order valence-corrected chi connectivity index (χ3v) is 6.58. The quantitative estimate of drug-likeness (QED) is 0.432. The third kappa shape index (κ3) is 4.50. The molecule has 180 valence electrons. The van der Waals surface area contributed by atoms with Gasteiger partial charge in [0.15, 0.2) is 11.5 Å². The second-order valence-electron chi connectivity index (χ2n) is 9.55. The number of aliphatic carboxylic acids is 1. The van der Waals surface area contributed by atoms with E-state index in [0.717, 1.165) is 6.42 Å². The van der Waals surface area contributed by atoms with Gasteiger partial charge >= 0.3 is 11.9 Å². The van der Waals surface area contributed by atoms with E-state index < -0.39 is 41.4 Å². The Morgan fingerprint density at radius 1 is 1.21 bits per heavy atom. The Morgan fingerprint density at radius 2 is 1.88 bits per heavy atom. The summed E-state index contributed by atoms with van der Waals surface area (Å²) < 4.78 is 18.2. The van der Waals surface area contributed by atoms with Crippen LogP contribution in [0.3, 0.4) is 0 Å². The second-order valence-corrected chi connectivity index (χ2v) is 9.55. The van der Waals surface area contributed by atoms with Gasteiger partial charge in [0, 0.05) is 18.4 Å². The largest absolute Gasteiger partial charge is 0.489 e. The van der Waals surface area contributed by atoms with Gasteiger partial charge in [0.2, 0.25) is 0 Å². The Balaban J connectivity index is 2.46. The number of fused-ring (bicyclic) bond motifs is 2. The lowest BCUT2D eigenvalue weighted by molar-refractivity contribution is -0.142. The fraction of sp³-hybridized carbons (Fsp3) is 0.577. The van der Waals surface area contributed by atoms with E-state index in [4.69, 9.17) is 14.2 Å². The van der Waals surface area contributed by atoms with Gasteiger partial charge in [0.1, 0.15) is 28.8 Å². The van der Waals surface area contributed by atoms with Crippen molar-refractivity contribution in [1.29, 1.82) is 0 Å². The molecular formula is C26H34O7. The standard InChI is InChI=1S/C26H34O7/c1-8-10-17(16(9-2)25(29)30)19-23-18(11-12-26(6,7)33-23)22(32-15(5)27)20-21(28)13(3)14(4)31-24(19)20/h11-14,16-17H,8-10H2,1-7H3,(H,29,30). The topological polar surface area (TPSA) is 99.1 Å². The van der Waals surface area contributed by atoms with Crippen molar-refractivity contribution in [3.8, 4) is 17.2 Å². The molecule has 0 saturated carbocycles. The lowest BCUT2D eigenvalue weighted by Gasteiger charge is -2.38. The van der Waals surface area contributed by atoms with Crippen LogP contribution in [0.5, 0.6) is 17.2 Å². The summed E-state index contributed by atoms with van der Waals surface area (Å²) in [7, 11) is 0. The molecule has 1 aromatic carbocycles. The molecule has 2 heterocycles. The summed E-state index contributed by atoms with van der Waals surface area (Å²) in [5.41, 5.74) is 0.566. The Bertz CT molecular complexity index is 1000. The first kappa shape index (κ1) is 24.8. The predicted molar refractivity (Wildman–Crippen MR) is 124 cm³/mol. The van der Waals surface area contributed by atoms with Crippen LogP contribution in [-0.2, 0) is 9.59 Å². The molecule has 0 aromatic heterocycles. The van der Waals surface area contributed by atoms with Crippen molar-refractivity contribution in [2.75, 3.05) is 0 Å². The Labute approximate surface area is 195 Å². The second kappa shape index (κ2) is 9.20. The van der Waals surface area contributed by atoms with Crippen LogP contribution in [0.2, 0.25) is 0 Å². The van der Waals surface area contributed by atoms with E-state index in [0.29, 0.717) is 29.7 Å². The Morgan fingerprint density at radius 3 is 2.42 bits per heavy atom. The molecule has 0 fully saturated rings. The predicted octanol–water partition coefficient (Wildman–Crippen LogP) is 5.39. The average Bonchev–Trinajstić information content (AvgIpc) is 2.70. The SMILES string of the molecule is CCCC(c1c2c(c(OC(C)=O)c3c1OC(C)C(C)C3=O)C=CC(C)(C)O2)C(CC)C(=O)O. The van der Waals surface area contributed by atoms with Crippen LogP contribution < -0.4 is 14.2 Å². The summed E-state index contributed by atoms with van der Waals surface area (Å²) in [5.74, 6) is -2.43. The van der Waals surface area contributed by atoms with Crippen LogP contribution in [0, 0.1) is 11.8 Å². The highest BCUT2D eigenvalue weighted by Crippen LogP contribution is 2.55. The smallest absolute Gasteiger partial charge is 0.308 e. The number of hydrogen-bond acceptors (Lipinski definition) is 6. The molecular weight excluding hydrogens is 424 g/mol. The number of carbonyl (C=O) groups excluding carboxylic acids is 2. The summed E-state index contributed by atoms with van der Waals surface area (Å²) in [5, 5.41) is 10.0. The molecule has 0 radical (unpaired) electrons. The highest BCUT2D eigenvalue weighted by Gasteiger charge is 2.44. The van der Waals surface area contributed by atoms with E-state index >= 15 is 0 Å². The molecule has 7 heteroatoms. The van der Waals surface area contributed by atoms with Crippen LogP contribution in [0.1, 0.15) is 95.1 Å². The van der Waals surface area contributed by atoms with Crippen molar-refractivity contribution in [1.82, 2.24) is 0 Å². The van der Waals surface area contributed by atoms with E-state index in [-0.39, 0.29) is 22.8 Å². The summed E-state index contributed by atoms with van der Waals surface area (Å²) in [4.78, 5) is 37.8. The van der Waals surface area contributed by atoms with Gasteiger partial charge in [-0.15, -0.1) is 0 Å². The van der Waals surface area contributed by atoms with E-state index in [1.807, 2.05) is 40.7 Å². The van der Waals surface area contributed by atoms with E-state index in [2.05, 4.69) is 0 Å². The first-order valence-corrected chi connectivity index (χ1v) is 11.7. The number of ketones is 1. The number of ether oxygens (including phenoxy) is 3. The number of benzene rings is 1. The maximum atomic E-state index is 13.5. The van der Waals surface area contributed by atoms with Crippen LogP contribution in [0.15, 0.2) is 6.08 Å². The zero-order valence-corrected chi connectivity index (χ0v) is 20.5. The molecule has 7 nitrogen and oxygen atoms in total. The van der Waals surface area contributed by atoms with Gasteiger partial charge in [-0.05, 0) is 45.8 Å². The Kier molecular flexibility index (Phi) is 6.91. The molecule has 0 aliphatic carbocycles. The number of Topliss-reactive ketones (excluding diaryl/α,β-unsaturated/α-hetero) is 1. The zero-order chi connectivity index (χ0) is 24.7. The normalized spacial score (nSPS) is 22.3. The lowest BCUT2D eigenvalue weighted by Crippen LogP contribution is -2.37. The molecule has 0 saturated heterocycles. The van der Waals surface area contributed by atoms with Crippen molar-refractivity contribution >= 4 is 23.8 Å². The summed E-state index contributed by atoms with van der Waals surface area (Å²) in [6, 6.07) is 0. The van der Waals surface area contributed by atoms with E-state index in [1.54, 1.807) is 13.0 Å². The van der Waals surface area contributed by atoms with Crippen molar-refractivity contribution < 1.29 is 33.7 Å². The van der Waals surface area contributed by atoms with E-state index in [9.17, 15) is 19.5 Å². The first-order chi connectivity index (χ1) is 15.4.